The van der Waals surface area contributed by atoms with Crippen LogP contribution < -0.4 is 5.32 Å². The van der Waals surface area contributed by atoms with Crippen LogP contribution >= 0.6 is 54.8 Å². The Kier molecular flexibility index (Phi) is 5.88. The molecule has 4 nitrogen and oxygen atoms in total. The van der Waals surface area contributed by atoms with Crippen LogP contribution in [0.25, 0.3) is 0 Å². The van der Waals surface area contributed by atoms with Crippen molar-refractivity contribution in [2.75, 3.05) is 6.54 Å². The predicted octanol–water partition coefficient (Wildman–Crippen LogP) is 4.56. The molecule has 1 amide bonds. The fourth-order valence-electron chi connectivity index (χ4n) is 1.87. The Morgan fingerprint density at radius 2 is 2.19 bits per heavy atom. The van der Waals surface area contributed by atoms with Crippen LogP contribution in [0.4, 0.5) is 0 Å². The number of amides is 1. The topological polar surface area (TPSA) is 46.9 Å². The summed E-state index contributed by atoms with van der Waals surface area (Å²) in [6, 6.07) is 1.81. The van der Waals surface area contributed by atoms with Gasteiger partial charge in [-0.2, -0.15) is 5.10 Å². The van der Waals surface area contributed by atoms with Crippen molar-refractivity contribution in [2.24, 2.45) is 0 Å². The van der Waals surface area contributed by atoms with Gasteiger partial charge in [0.25, 0.3) is 5.91 Å². The molecule has 0 unspecified atom stereocenters. The molecule has 0 bridgehead atoms. The molecule has 0 aromatic carbocycles. The number of aromatic nitrogens is 2. The second-order valence-corrected chi connectivity index (χ2v) is 8.15. The van der Waals surface area contributed by atoms with Crippen molar-refractivity contribution in [1.29, 1.82) is 0 Å². The zero-order valence-electron chi connectivity index (χ0n) is 11.5. The molecule has 0 aliphatic carbocycles. The van der Waals surface area contributed by atoms with E-state index in [0.29, 0.717) is 16.4 Å². The number of halogens is 3. The standard InChI is InChI=1S/C13H14Br2ClN3OS/c1-7-11(16)8(2)19(18-7)5-3-4-17-13(20)10-6-9(14)12(15)21-10/h6H,3-5H2,1-2H3,(H,17,20). The highest BCUT2D eigenvalue weighted by molar-refractivity contribution is 9.13. The predicted molar refractivity (Wildman–Crippen MR) is 93.4 cm³/mol. The first kappa shape index (κ1) is 17.0. The SMILES string of the molecule is Cc1nn(CCCNC(=O)c2cc(Br)c(Br)s2)c(C)c1Cl. The zero-order valence-corrected chi connectivity index (χ0v) is 16.3. The average Bonchev–Trinajstić information content (AvgIpc) is 2.90. The lowest BCUT2D eigenvalue weighted by molar-refractivity contribution is 0.0956. The van der Waals surface area contributed by atoms with E-state index in [1.165, 1.54) is 11.3 Å². The number of nitrogens with one attached hydrogen (secondary N) is 1. The van der Waals surface area contributed by atoms with Gasteiger partial charge >= 0.3 is 0 Å². The lowest BCUT2D eigenvalue weighted by atomic mass is 10.3. The first-order chi connectivity index (χ1) is 9.90. The Labute approximate surface area is 149 Å². The summed E-state index contributed by atoms with van der Waals surface area (Å²) in [5, 5.41) is 7.98. The Morgan fingerprint density at radius 3 is 2.71 bits per heavy atom. The van der Waals surface area contributed by atoms with Crippen molar-refractivity contribution >= 4 is 60.7 Å². The maximum atomic E-state index is 12.0. The first-order valence-electron chi connectivity index (χ1n) is 6.32. The molecule has 0 saturated heterocycles. The summed E-state index contributed by atoms with van der Waals surface area (Å²) < 4.78 is 3.70. The monoisotopic (exact) mass is 453 g/mol. The van der Waals surface area contributed by atoms with E-state index in [1.807, 2.05) is 24.6 Å². The lowest BCUT2D eigenvalue weighted by Gasteiger charge is -2.05. The van der Waals surface area contributed by atoms with Gasteiger partial charge in [0.05, 0.1) is 25.1 Å². The summed E-state index contributed by atoms with van der Waals surface area (Å²) in [6.45, 7) is 5.17. The largest absolute Gasteiger partial charge is 0.351 e. The summed E-state index contributed by atoms with van der Waals surface area (Å²) in [7, 11) is 0. The Bertz CT molecular complexity index is 649. The Balaban J connectivity index is 1.82. The quantitative estimate of drug-likeness (QED) is 0.672. The fourth-order valence-corrected chi connectivity index (χ4v) is 3.96. The first-order valence-corrected chi connectivity index (χ1v) is 9.10. The van der Waals surface area contributed by atoms with Crippen LogP contribution in [0.1, 0.15) is 27.5 Å². The Hall–Kier alpha value is -0.370. The minimum atomic E-state index is -0.0576. The maximum Gasteiger partial charge on any atom is 0.261 e. The van der Waals surface area contributed by atoms with E-state index in [1.54, 1.807) is 0 Å². The number of hydrogen-bond donors (Lipinski definition) is 1. The van der Waals surface area contributed by atoms with Crippen LogP contribution in [0.5, 0.6) is 0 Å². The molecule has 114 valence electrons. The molecule has 2 aromatic heterocycles. The van der Waals surface area contributed by atoms with Crippen LogP contribution in [0.3, 0.4) is 0 Å². The van der Waals surface area contributed by atoms with Gasteiger partial charge in [-0.1, -0.05) is 11.6 Å². The summed E-state index contributed by atoms with van der Waals surface area (Å²) in [4.78, 5) is 12.6. The third-order valence-corrected chi connectivity index (χ3v) is 6.80. The molecular weight excluding hydrogens is 441 g/mol. The van der Waals surface area contributed by atoms with Gasteiger partial charge in [-0.15, -0.1) is 11.3 Å². The zero-order chi connectivity index (χ0) is 15.6. The lowest BCUT2D eigenvalue weighted by Crippen LogP contribution is -2.24. The van der Waals surface area contributed by atoms with E-state index in [0.717, 1.165) is 32.6 Å². The van der Waals surface area contributed by atoms with Crippen molar-refractivity contribution in [1.82, 2.24) is 15.1 Å². The van der Waals surface area contributed by atoms with Gasteiger partial charge in [0.15, 0.2) is 0 Å². The molecule has 0 aliphatic heterocycles. The van der Waals surface area contributed by atoms with Crippen LogP contribution in [0.2, 0.25) is 5.02 Å². The van der Waals surface area contributed by atoms with Gasteiger partial charge in [0.1, 0.15) is 0 Å². The number of carbonyl (C=O) groups is 1. The number of hydrogen-bond acceptors (Lipinski definition) is 3. The van der Waals surface area contributed by atoms with Crippen molar-refractivity contribution < 1.29 is 4.79 Å². The van der Waals surface area contributed by atoms with Crippen LogP contribution in [-0.4, -0.2) is 22.2 Å². The second-order valence-electron chi connectivity index (χ2n) is 4.55. The van der Waals surface area contributed by atoms with Gasteiger partial charge in [-0.25, -0.2) is 0 Å². The summed E-state index contributed by atoms with van der Waals surface area (Å²) in [6.07, 6.45) is 0.803. The number of carbonyl (C=O) groups excluding carboxylic acids is 1. The molecule has 0 saturated carbocycles. The minimum absolute atomic E-state index is 0.0576. The molecule has 8 heteroatoms. The van der Waals surface area contributed by atoms with E-state index in [-0.39, 0.29) is 5.91 Å². The highest BCUT2D eigenvalue weighted by Crippen LogP contribution is 2.32. The van der Waals surface area contributed by atoms with Crippen molar-refractivity contribution in [3.63, 3.8) is 0 Å². The normalized spacial score (nSPS) is 10.9. The number of rotatable bonds is 5. The van der Waals surface area contributed by atoms with Crippen LogP contribution in [0, 0.1) is 13.8 Å². The third kappa shape index (κ3) is 4.09. The molecule has 0 aliphatic rings. The van der Waals surface area contributed by atoms with E-state index < -0.39 is 0 Å². The number of nitrogens with zero attached hydrogens (tertiary/aromatic N) is 2. The number of thiophene rings is 1. The van der Waals surface area contributed by atoms with Gasteiger partial charge in [-0.05, 0) is 58.2 Å². The average molecular weight is 456 g/mol. The molecule has 0 spiro atoms. The molecule has 0 radical (unpaired) electrons. The van der Waals surface area contributed by atoms with Gasteiger partial charge in [-0.3, -0.25) is 9.48 Å². The van der Waals surface area contributed by atoms with Crippen molar-refractivity contribution in [2.45, 2.75) is 26.8 Å². The number of aryl methyl sites for hydroxylation is 2. The molecule has 1 N–H and O–H groups in total. The maximum absolute atomic E-state index is 12.0. The summed E-state index contributed by atoms with van der Waals surface area (Å²) in [5.41, 5.74) is 1.80. The highest BCUT2D eigenvalue weighted by Gasteiger charge is 2.12. The molecular formula is C13H14Br2ClN3OS. The molecule has 2 heterocycles. The van der Waals surface area contributed by atoms with E-state index in [9.17, 15) is 4.79 Å². The van der Waals surface area contributed by atoms with Gasteiger partial charge in [0, 0.05) is 17.6 Å². The summed E-state index contributed by atoms with van der Waals surface area (Å²) >= 11 is 14.3. The highest BCUT2D eigenvalue weighted by atomic mass is 79.9. The third-order valence-electron chi connectivity index (χ3n) is 2.99. The van der Waals surface area contributed by atoms with Gasteiger partial charge in [0.2, 0.25) is 0 Å². The molecule has 0 atom stereocenters. The second kappa shape index (κ2) is 7.26. The van der Waals surface area contributed by atoms with Crippen LogP contribution in [-0.2, 0) is 6.54 Å². The van der Waals surface area contributed by atoms with Crippen molar-refractivity contribution in [3.8, 4) is 0 Å². The Morgan fingerprint density at radius 1 is 1.48 bits per heavy atom. The smallest absolute Gasteiger partial charge is 0.261 e. The summed E-state index contributed by atoms with van der Waals surface area (Å²) in [5.74, 6) is -0.0576. The van der Waals surface area contributed by atoms with Crippen LogP contribution in [0.15, 0.2) is 14.3 Å². The van der Waals surface area contributed by atoms with Crippen molar-refractivity contribution in [3.05, 3.63) is 35.6 Å². The van der Waals surface area contributed by atoms with Gasteiger partial charge < -0.3 is 5.32 Å². The molecule has 0 fully saturated rings. The molecule has 2 aromatic rings. The molecule has 2 rings (SSSR count). The molecule has 21 heavy (non-hydrogen) atoms. The van der Waals surface area contributed by atoms with E-state index in [4.69, 9.17) is 11.6 Å². The van der Waals surface area contributed by atoms with E-state index >= 15 is 0 Å². The van der Waals surface area contributed by atoms with E-state index in [2.05, 4.69) is 42.3 Å². The fraction of sp³-hybridized carbons (Fsp3) is 0.385. The minimum Gasteiger partial charge on any atom is -0.351 e.